The molecule has 2 aromatic rings. The third kappa shape index (κ3) is 12.2. The third-order valence-electron chi connectivity index (χ3n) is 10.1. The second kappa shape index (κ2) is 23.5. The highest BCUT2D eigenvalue weighted by Crippen LogP contribution is 2.48. The van der Waals surface area contributed by atoms with Gasteiger partial charge in [-0.3, -0.25) is 0 Å². The first-order valence-corrected chi connectivity index (χ1v) is 23.8. The number of alkyl halides is 1. The minimum Gasteiger partial charge on any atom is -0.496 e. The summed E-state index contributed by atoms with van der Waals surface area (Å²) in [6.45, 7) is 7.65. The van der Waals surface area contributed by atoms with E-state index in [1.165, 1.54) is 51.3 Å². The number of anilines is 1. The van der Waals surface area contributed by atoms with E-state index in [0.717, 1.165) is 73.0 Å². The Labute approximate surface area is 335 Å². The van der Waals surface area contributed by atoms with Crippen LogP contribution >= 0.6 is 23.4 Å². The van der Waals surface area contributed by atoms with Crippen LogP contribution in [0.4, 0.5) is 5.69 Å². The van der Waals surface area contributed by atoms with E-state index in [0.29, 0.717) is 39.6 Å². The number of nitrogens with zero attached hydrogens (tertiary/aromatic N) is 2. The molecular formula is C43H64ClN2O6SSi+. The first kappa shape index (κ1) is 44.1. The van der Waals surface area contributed by atoms with Crippen LogP contribution in [0.2, 0.25) is 12.6 Å². The molecule has 1 atom stereocenters. The van der Waals surface area contributed by atoms with E-state index in [2.05, 4.69) is 80.6 Å². The molecule has 54 heavy (non-hydrogen) atoms. The molecule has 4 rings (SSSR count). The summed E-state index contributed by atoms with van der Waals surface area (Å²) in [6.07, 6.45) is 12.7. The first-order valence-electron chi connectivity index (χ1n) is 19.4. The summed E-state index contributed by atoms with van der Waals surface area (Å²) in [6, 6.07) is 14.2. The fraction of sp³-hybridized carbons (Fsp3) is 0.558. The summed E-state index contributed by atoms with van der Waals surface area (Å²) in [5.74, 6) is 4.45. The highest BCUT2D eigenvalue weighted by Gasteiger charge is 2.44. The minimum atomic E-state index is -2.21. The number of hydrogen-bond acceptors (Lipinski definition) is 8. The van der Waals surface area contributed by atoms with Gasteiger partial charge in [-0.25, -0.2) is 4.58 Å². The monoisotopic (exact) mass is 799 g/mol. The van der Waals surface area contributed by atoms with Crippen LogP contribution in [0.5, 0.6) is 11.5 Å². The van der Waals surface area contributed by atoms with Crippen molar-refractivity contribution in [2.24, 2.45) is 0 Å². The Kier molecular flexibility index (Phi) is 19.2. The van der Waals surface area contributed by atoms with Crippen LogP contribution in [0.25, 0.3) is 5.57 Å². The van der Waals surface area contributed by atoms with Crippen molar-refractivity contribution in [3.05, 3.63) is 76.5 Å². The number of halogens is 1. The molecule has 1 aliphatic carbocycles. The molecule has 0 spiro atoms. The van der Waals surface area contributed by atoms with Crippen molar-refractivity contribution < 1.29 is 33.0 Å². The standard InChI is InChI=1S/C43H64ClN2O6SSi/c1-45(2)34-16-18-36-40(32-34)54(7,31-13-29-53-30-28-52-27-26-51-25-24-50-23-22-49-21-11-9-8-10-20-44)41-33-35(46(3)4)17-19-37(41)42(36)43-38(47-5)14-12-15-39(43)48-6/h12,14-19,32-33H,8-11,13,20-31H2,1-7H3/q+1. The number of thioether (sulfide) groups is 1. The van der Waals surface area contributed by atoms with Crippen molar-refractivity contribution in [2.75, 3.05) is 118 Å². The maximum atomic E-state index is 5.99. The average Bonchev–Trinajstić information content (AvgIpc) is 3.18. The number of hydrogen-bond donors (Lipinski definition) is 0. The zero-order valence-electron chi connectivity index (χ0n) is 33.8. The molecule has 0 N–H and O–H groups in total. The average molecular weight is 801 g/mol. The van der Waals surface area contributed by atoms with E-state index >= 15 is 0 Å². The molecule has 0 saturated carbocycles. The van der Waals surface area contributed by atoms with Gasteiger partial charge >= 0.3 is 0 Å². The van der Waals surface area contributed by atoms with Crippen LogP contribution in [-0.2, 0) is 18.9 Å². The molecule has 2 aliphatic rings. The summed E-state index contributed by atoms with van der Waals surface area (Å²) in [5, 5.41) is 2.94. The fourth-order valence-electron chi connectivity index (χ4n) is 7.06. The number of fused-ring (bicyclic) bond motifs is 2. The lowest BCUT2D eigenvalue weighted by atomic mass is 9.88. The van der Waals surface area contributed by atoms with Gasteiger partial charge in [-0.15, -0.1) is 11.6 Å². The molecule has 0 radical (unpaired) electrons. The summed E-state index contributed by atoms with van der Waals surface area (Å²) < 4.78 is 37.0. The van der Waals surface area contributed by atoms with E-state index in [1.807, 2.05) is 30.0 Å². The van der Waals surface area contributed by atoms with Crippen molar-refractivity contribution in [2.45, 2.75) is 44.7 Å². The number of unbranched alkanes of at least 4 members (excludes halogenated alkanes) is 3. The van der Waals surface area contributed by atoms with Crippen LogP contribution in [0, 0.1) is 0 Å². The van der Waals surface area contributed by atoms with Crippen molar-refractivity contribution in [3.8, 4) is 11.5 Å². The first-order chi connectivity index (χ1) is 26.3. The molecule has 298 valence electrons. The van der Waals surface area contributed by atoms with Gasteiger partial charge in [0.05, 0.1) is 66.0 Å². The number of benzene rings is 2. The predicted octanol–water partition coefficient (Wildman–Crippen LogP) is 7.61. The van der Waals surface area contributed by atoms with Gasteiger partial charge in [-0.05, 0) is 82.9 Å². The van der Waals surface area contributed by atoms with Gasteiger partial charge in [-0.1, -0.05) is 31.5 Å². The van der Waals surface area contributed by atoms with Crippen LogP contribution in [0.3, 0.4) is 0 Å². The van der Waals surface area contributed by atoms with Gasteiger partial charge in [0.25, 0.3) is 0 Å². The lowest BCUT2D eigenvalue weighted by Gasteiger charge is -2.41. The fourth-order valence-corrected chi connectivity index (χ4v) is 12.5. The molecular weight excluding hydrogens is 736 g/mol. The highest BCUT2D eigenvalue weighted by atomic mass is 35.5. The Bertz CT molecular complexity index is 1590. The zero-order chi connectivity index (χ0) is 38.8. The second-order valence-electron chi connectivity index (χ2n) is 14.3. The van der Waals surface area contributed by atoms with E-state index in [-0.39, 0.29) is 0 Å². The lowest BCUT2D eigenvalue weighted by molar-refractivity contribution is -0.462. The molecule has 2 aromatic carbocycles. The maximum absolute atomic E-state index is 5.99. The van der Waals surface area contributed by atoms with Gasteiger partial charge in [0.1, 0.15) is 33.7 Å². The Balaban J connectivity index is 1.31. The van der Waals surface area contributed by atoms with E-state index in [9.17, 15) is 0 Å². The number of allylic oxidation sites excluding steroid dienone is 5. The Morgan fingerprint density at radius 1 is 0.741 bits per heavy atom. The molecule has 11 heteroatoms. The molecule has 0 bridgehead atoms. The van der Waals surface area contributed by atoms with Crippen molar-refractivity contribution in [1.82, 2.24) is 0 Å². The number of rotatable bonds is 26. The Morgan fingerprint density at radius 2 is 1.37 bits per heavy atom. The van der Waals surface area contributed by atoms with E-state index < -0.39 is 8.07 Å². The molecule has 0 amide bonds. The van der Waals surface area contributed by atoms with Gasteiger partial charge in [0.2, 0.25) is 0 Å². The molecule has 0 fully saturated rings. The van der Waals surface area contributed by atoms with Gasteiger partial charge in [0, 0.05) is 55.7 Å². The van der Waals surface area contributed by atoms with E-state index in [4.69, 9.17) is 40.0 Å². The largest absolute Gasteiger partial charge is 0.496 e. The van der Waals surface area contributed by atoms with Crippen molar-refractivity contribution in [1.29, 1.82) is 0 Å². The smallest absolute Gasteiger partial charge is 0.199 e. The van der Waals surface area contributed by atoms with Gasteiger partial charge in [-0.2, -0.15) is 11.8 Å². The van der Waals surface area contributed by atoms with Gasteiger partial charge in [0.15, 0.2) is 5.71 Å². The summed E-state index contributed by atoms with van der Waals surface area (Å²) >= 11 is 7.69. The summed E-state index contributed by atoms with van der Waals surface area (Å²) in [5.41, 5.74) is 7.20. The molecule has 0 aromatic heterocycles. The Hall–Kier alpha value is -2.57. The predicted molar refractivity (Wildman–Crippen MR) is 231 cm³/mol. The normalized spacial score (nSPS) is 16.3. The minimum absolute atomic E-state index is 0.573. The van der Waals surface area contributed by atoms with Crippen molar-refractivity contribution in [3.63, 3.8) is 0 Å². The third-order valence-corrected chi connectivity index (χ3v) is 15.9. The Morgan fingerprint density at radius 3 is 1.98 bits per heavy atom. The van der Waals surface area contributed by atoms with E-state index in [1.54, 1.807) is 14.2 Å². The van der Waals surface area contributed by atoms with Crippen molar-refractivity contribution >= 4 is 53.6 Å². The zero-order valence-corrected chi connectivity index (χ0v) is 36.4. The SMILES string of the molecule is COc1cccc(OC)c1C1=C2C=CC(=[N+](C)C)C=C2[Si](C)(CCCSCCOCCOCCOCCOCCCCCCCl)c2cc(N(C)C)ccc21. The van der Waals surface area contributed by atoms with Crippen LogP contribution in [-0.4, -0.2) is 131 Å². The number of methoxy groups -OCH3 is 2. The lowest BCUT2D eigenvalue weighted by Crippen LogP contribution is -2.52. The van der Waals surface area contributed by atoms with Crippen LogP contribution in [0.15, 0.2) is 65.4 Å². The molecule has 1 unspecified atom stereocenters. The van der Waals surface area contributed by atoms with Crippen LogP contribution < -0.4 is 19.6 Å². The topological polar surface area (TPSA) is 61.6 Å². The summed E-state index contributed by atoms with van der Waals surface area (Å²) in [7, 11) is 9.78. The maximum Gasteiger partial charge on any atom is 0.199 e. The molecule has 1 heterocycles. The highest BCUT2D eigenvalue weighted by molar-refractivity contribution is 7.99. The van der Waals surface area contributed by atoms with Crippen LogP contribution in [0.1, 0.15) is 43.2 Å². The molecule has 0 saturated heterocycles. The molecule has 8 nitrogen and oxygen atoms in total. The summed E-state index contributed by atoms with van der Waals surface area (Å²) in [4.78, 5) is 2.21. The van der Waals surface area contributed by atoms with Gasteiger partial charge < -0.3 is 33.3 Å². The number of ether oxygens (including phenoxy) is 6. The molecule has 1 aliphatic heterocycles. The second-order valence-corrected chi connectivity index (χ2v) is 20.1. The quantitative estimate of drug-likeness (QED) is 0.0418.